The number of methoxy groups -OCH3 is 1. The van der Waals surface area contributed by atoms with Crippen molar-refractivity contribution in [1.29, 1.82) is 0 Å². The molecule has 0 spiro atoms. The summed E-state index contributed by atoms with van der Waals surface area (Å²) in [5.41, 5.74) is 9.26. The van der Waals surface area contributed by atoms with Crippen LogP contribution in [-0.4, -0.2) is 136 Å². The van der Waals surface area contributed by atoms with Gasteiger partial charge in [-0.15, -0.1) is 11.3 Å². The molecular weight excluding hydrogens is 999 g/mol. The number of rotatable bonds is 11. The van der Waals surface area contributed by atoms with Crippen molar-refractivity contribution in [3.8, 4) is 22.5 Å². The summed E-state index contributed by atoms with van der Waals surface area (Å²) in [5, 5.41) is 8.11. The zero-order chi connectivity index (χ0) is 48.5. The van der Waals surface area contributed by atoms with Gasteiger partial charge in [0, 0.05) is 98.9 Å². The number of esters is 1. The highest BCUT2D eigenvalue weighted by Gasteiger charge is 2.42. The number of urea groups is 1. The van der Waals surface area contributed by atoms with Gasteiger partial charge >= 0.3 is 12.0 Å². The van der Waals surface area contributed by atoms with E-state index in [0.29, 0.717) is 50.2 Å². The number of ether oxygens (including phenoxy) is 2. The Hall–Kier alpha value is -4.25. The average Bonchev–Trinajstić information content (AvgIpc) is 3.89. The standard InChI is InChI=1S/C50H67N9O7S.4H2S/c1-12-42(60)55(8)32-23-33(24-32)56(9)49(64)57(10)44(29(3)4)46(61)53-38-25-41-52-39(27-67-41)31-18-19-40-35(22-31)36(45(58(40)13-2)34-16-14-20-51-43(34)30(5)65-11)26-50(6,7)28-66-48(63)37-17-15-21-59(54-37)47(38)62;;;;/h12,14,16,18-20,22,27,29-30,32-33,37-38,44,54H,1,13,15,17,21,23-26,28H2,2-11H3,(H,53,61);4*1H2/t30-,32?,33?,37-,38-,44-;;;;/m0..../s1. The lowest BCUT2D eigenvalue weighted by Crippen LogP contribution is -2.63. The van der Waals surface area contributed by atoms with Gasteiger partial charge in [-0.25, -0.2) is 15.2 Å². The minimum absolute atomic E-state index is 0. The molecule has 16 nitrogen and oxygen atoms in total. The summed E-state index contributed by atoms with van der Waals surface area (Å²) >= 11 is 1.41. The Kier molecular flexibility index (Phi) is 22.0. The quantitative estimate of drug-likeness (QED) is 0.120. The second kappa shape index (κ2) is 25.6. The maximum absolute atomic E-state index is 14.7. The summed E-state index contributed by atoms with van der Waals surface area (Å²) in [4.78, 5) is 83.8. The molecule has 2 fully saturated rings. The molecule has 4 aromatic rings. The van der Waals surface area contributed by atoms with Crippen molar-refractivity contribution in [3.05, 3.63) is 70.8 Å². The van der Waals surface area contributed by atoms with Crippen molar-refractivity contribution in [2.45, 2.75) is 123 Å². The molecule has 1 saturated carbocycles. The number of likely N-dealkylation sites (N-methyl/N-ethyl adjacent to an activating group) is 2. The monoisotopic (exact) mass is 1070 g/mol. The maximum atomic E-state index is 14.7. The number of nitrogens with zero attached hydrogens (tertiary/aromatic N) is 7. The van der Waals surface area contributed by atoms with Gasteiger partial charge in [-0.05, 0) is 87.8 Å². The molecule has 71 heavy (non-hydrogen) atoms. The number of thiazole rings is 1. The number of carbonyl (C=O) groups excluding carboxylic acids is 5. The van der Waals surface area contributed by atoms with Gasteiger partial charge in [-0.2, -0.15) is 54.0 Å². The van der Waals surface area contributed by atoms with Crippen molar-refractivity contribution < 1.29 is 33.4 Å². The van der Waals surface area contributed by atoms with E-state index in [1.54, 1.807) is 44.2 Å². The van der Waals surface area contributed by atoms with E-state index in [2.05, 4.69) is 66.9 Å². The number of hydrogen-bond acceptors (Lipinski definition) is 11. The largest absolute Gasteiger partial charge is 0.464 e. The zero-order valence-corrected chi connectivity index (χ0v) is 47.4. The molecule has 3 aliphatic rings. The van der Waals surface area contributed by atoms with Crippen molar-refractivity contribution in [3.63, 3.8) is 0 Å². The van der Waals surface area contributed by atoms with Gasteiger partial charge < -0.3 is 34.1 Å². The number of amides is 5. The highest BCUT2D eigenvalue weighted by molar-refractivity contribution is 7.59. The normalized spacial score (nSPS) is 20.5. The lowest BCUT2D eigenvalue weighted by atomic mass is 9.84. The first kappa shape index (κ1) is 61.1. The lowest BCUT2D eigenvalue weighted by molar-refractivity contribution is -0.155. The van der Waals surface area contributed by atoms with Crippen LogP contribution in [0.5, 0.6) is 0 Å². The van der Waals surface area contributed by atoms with Gasteiger partial charge in [0.1, 0.15) is 18.1 Å². The number of fused-ring (bicyclic) bond motifs is 6. The first-order chi connectivity index (χ1) is 31.9. The van der Waals surface area contributed by atoms with E-state index >= 15 is 0 Å². The molecule has 2 N–H and O–H groups in total. The third kappa shape index (κ3) is 12.9. The molecule has 5 amide bonds. The summed E-state index contributed by atoms with van der Waals surface area (Å²) < 4.78 is 14.2. The van der Waals surface area contributed by atoms with Gasteiger partial charge in [-0.1, -0.05) is 40.3 Å². The Morgan fingerprint density at radius 1 is 1.06 bits per heavy atom. The zero-order valence-electron chi connectivity index (χ0n) is 42.6. The highest BCUT2D eigenvalue weighted by atomic mass is 32.1. The van der Waals surface area contributed by atoms with Gasteiger partial charge in [0.15, 0.2) is 0 Å². The van der Waals surface area contributed by atoms with Gasteiger partial charge in [0.25, 0.3) is 5.91 Å². The Balaban J connectivity index is 0.00000333. The molecule has 2 aliphatic heterocycles. The Bertz CT molecular complexity index is 2530. The van der Waals surface area contributed by atoms with Crippen molar-refractivity contribution >= 4 is 106 Å². The molecule has 21 heteroatoms. The van der Waals surface area contributed by atoms with E-state index in [4.69, 9.17) is 19.4 Å². The fourth-order valence-corrected chi connectivity index (χ4v) is 10.6. The second-order valence-electron chi connectivity index (χ2n) is 19.4. The van der Waals surface area contributed by atoms with E-state index in [1.807, 2.05) is 32.2 Å². The summed E-state index contributed by atoms with van der Waals surface area (Å²) in [7, 11) is 6.72. The Labute approximate surface area is 450 Å². The molecule has 1 aliphatic carbocycles. The van der Waals surface area contributed by atoms with E-state index < -0.39 is 41.3 Å². The van der Waals surface area contributed by atoms with Crippen LogP contribution < -0.4 is 10.7 Å². The number of aryl methyl sites for hydroxylation is 1. The first-order valence-corrected chi connectivity index (χ1v) is 24.3. The van der Waals surface area contributed by atoms with Crippen LogP contribution in [0, 0.1) is 11.3 Å². The molecule has 4 atom stereocenters. The van der Waals surface area contributed by atoms with Crippen molar-refractivity contribution in [2.75, 3.05) is 41.4 Å². The smallest absolute Gasteiger partial charge is 0.324 e. The Morgan fingerprint density at radius 3 is 2.39 bits per heavy atom. The summed E-state index contributed by atoms with van der Waals surface area (Å²) in [6.45, 7) is 16.8. The predicted molar refractivity (Wildman–Crippen MR) is 300 cm³/mol. The first-order valence-electron chi connectivity index (χ1n) is 23.4. The number of cyclic esters (lactones) is 1. The minimum Gasteiger partial charge on any atom is -0.464 e. The number of hydrazine groups is 1. The molecule has 5 heterocycles. The van der Waals surface area contributed by atoms with Crippen LogP contribution in [0.15, 0.2) is 54.6 Å². The summed E-state index contributed by atoms with van der Waals surface area (Å²) in [6, 6.07) is 7.13. The van der Waals surface area contributed by atoms with E-state index in [-0.39, 0.29) is 103 Å². The predicted octanol–water partition coefficient (Wildman–Crippen LogP) is 6.84. The number of aromatic nitrogens is 3. The number of carbonyl (C=O) groups is 5. The molecule has 1 saturated heterocycles. The molecular formula is C50H75N9O7S5. The fraction of sp³-hybridized carbons (Fsp3) is 0.540. The molecule has 392 valence electrons. The molecule has 7 rings (SSSR count). The highest BCUT2D eigenvalue weighted by Crippen LogP contribution is 2.42. The van der Waals surface area contributed by atoms with Crippen LogP contribution in [0.25, 0.3) is 33.4 Å². The van der Waals surface area contributed by atoms with Crippen LogP contribution in [0.4, 0.5) is 4.79 Å². The third-order valence-electron chi connectivity index (χ3n) is 13.8. The maximum Gasteiger partial charge on any atom is 0.324 e. The number of pyridine rings is 1. The number of hydrogen-bond donors (Lipinski definition) is 2. The van der Waals surface area contributed by atoms with E-state index in [0.717, 1.165) is 44.7 Å². The van der Waals surface area contributed by atoms with Crippen LogP contribution in [-0.2, 0) is 48.0 Å². The van der Waals surface area contributed by atoms with Crippen LogP contribution in [0.3, 0.4) is 0 Å². The van der Waals surface area contributed by atoms with Crippen LogP contribution in [0.2, 0.25) is 0 Å². The fourth-order valence-electron chi connectivity index (χ4n) is 9.79. The molecule has 1 aromatic carbocycles. The van der Waals surface area contributed by atoms with Gasteiger partial charge in [0.2, 0.25) is 11.8 Å². The van der Waals surface area contributed by atoms with Crippen LogP contribution >= 0.6 is 65.3 Å². The van der Waals surface area contributed by atoms with Crippen molar-refractivity contribution in [1.82, 2.24) is 45.0 Å². The van der Waals surface area contributed by atoms with E-state index in [1.165, 1.54) is 27.3 Å². The molecule has 0 unspecified atom stereocenters. The second-order valence-corrected chi connectivity index (χ2v) is 20.3. The Morgan fingerprint density at radius 2 is 1.75 bits per heavy atom. The molecule has 0 radical (unpaired) electrons. The number of benzene rings is 1. The summed E-state index contributed by atoms with van der Waals surface area (Å²) in [5.74, 6) is -1.86. The lowest BCUT2D eigenvalue weighted by Gasteiger charge is -2.46. The van der Waals surface area contributed by atoms with E-state index in [9.17, 15) is 24.0 Å². The molecule has 6 bridgehead atoms. The summed E-state index contributed by atoms with van der Waals surface area (Å²) in [6.07, 6.45) is 5.67. The SMILES string of the molecule is C=CC(=O)N(C)C1CC(N(C)C(=O)N(C)[C@H](C(=O)N[C@H]2Cc3nc(cs3)-c3ccc4c(c3)c(c(-c3cccnc3[C@H](C)OC)n4CC)CC(C)(C)COC(=O)[C@@H]3CCCN(N3)C2=O)C(C)C)C1.S.S.S.S. The van der Waals surface area contributed by atoms with Gasteiger partial charge in [0.05, 0.1) is 34.8 Å². The number of nitrogens with one attached hydrogen (secondary N) is 2. The van der Waals surface area contributed by atoms with Gasteiger partial charge in [-0.3, -0.25) is 29.2 Å². The average molecular weight is 1070 g/mol. The molecule has 3 aromatic heterocycles. The topological polar surface area (TPSA) is 172 Å². The van der Waals surface area contributed by atoms with Crippen LogP contribution in [0.1, 0.15) is 89.6 Å². The minimum atomic E-state index is -1.09. The van der Waals surface area contributed by atoms with Crippen molar-refractivity contribution in [2.24, 2.45) is 11.3 Å². The third-order valence-corrected chi connectivity index (χ3v) is 14.7.